The third-order valence-corrected chi connectivity index (χ3v) is 5.21. The monoisotopic (exact) mass is 361 g/mol. The molecule has 2 atom stereocenters. The number of aromatic nitrogens is 2. The lowest BCUT2D eigenvalue weighted by Gasteiger charge is -2.27. The number of aryl methyl sites for hydroxylation is 1. The predicted molar refractivity (Wildman–Crippen MR) is 93.0 cm³/mol. The van der Waals surface area contributed by atoms with Crippen molar-refractivity contribution in [3.05, 3.63) is 39.6 Å². The third kappa shape index (κ3) is 4.06. The van der Waals surface area contributed by atoms with Crippen LogP contribution in [0.15, 0.2) is 17.6 Å². The van der Waals surface area contributed by atoms with Crippen LogP contribution in [0.2, 0.25) is 0 Å². The lowest BCUT2D eigenvalue weighted by Crippen LogP contribution is -2.40. The van der Waals surface area contributed by atoms with Gasteiger partial charge in [0.2, 0.25) is 0 Å². The molecule has 1 N–H and O–H groups in total. The second-order valence-corrected chi connectivity index (χ2v) is 7.44. The van der Waals surface area contributed by atoms with Gasteiger partial charge in [0, 0.05) is 44.3 Å². The Bertz CT molecular complexity index is 795. The SMILES string of the molecule is Cc1nc(CN2C[C@@H](F)C[C@H]2CN(C)C(=O)c2c[nH]c(C#N)c2)cs1. The number of halogens is 1. The van der Waals surface area contributed by atoms with Crippen molar-refractivity contribution in [2.24, 2.45) is 0 Å². The summed E-state index contributed by atoms with van der Waals surface area (Å²) in [6.07, 6.45) is 1.06. The van der Waals surface area contributed by atoms with Gasteiger partial charge in [-0.05, 0) is 19.4 Å². The number of amides is 1. The van der Waals surface area contributed by atoms with Crippen molar-refractivity contribution in [2.45, 2.75) is 32.1 Å². The topological polar surface area (TPSA) is 76.0 Å². The van der Waals surface area contributed by atoms with E-state index in [0.29, 0.717) is 37.3 Å². The van der Waals surface area contributed by atoms with Gasteiger partial charge in [-0.1, -0.05) is 0 Å². The fraction of sp³-hybridized carbons (Fsp3) is 0.471. The maximum absolute atomic E-state index is 14.0. The molecule has 132 valence electrons. The van der Waals surface area contributed by atoms with Crippen molar-refractivity contribution in [3.8, 4) is 6.07 Å². The van der Waals surface area contributed by atoms with Gasteiger partial charge in [0.15, 0.2) is 0 Å². The third-order valence-electron chi connectivity index (χ3n) is 4.39. The molecule has 0 aliphatic carbocycles. The van der Waals surface area contributed by atoms with Crippen molar-refractivity contribution < 1.29 is 9.18 Å². The summed E-state index contributed by atoms with van der Waals surface area (Å²) in [6, 6.07) is 3.45. The van der Waals surface area contributed by atoms with Gasteiger partial charge in [0.05, 0.1) is 16.3 Å². The smallest absolute Gasteiger partial charge is 0.255 e. The van der Waals surface area contributed by atoms with Gasteiger partial charge in [-0.15, -0.1) is 11.3 Å². The minimum Gasteiger partial charge on any atom is -0.352 e. The zero-order valence-electron chi connectivity index (χ0n) is 14.2. The van der Waals surface area contributed by atoms with E-state index in [1.54, 1.807) is 23.3 Å². The molecule has 6 nitrogen and oxygen atoms in total. The van der Waals surface area contributed by atoms with Crippen LogP contribution in [0, 0.1) is 18.3 Å². The Kier molecular flexibility index (Phi) is 5.16. The van der Waals surface area contributed by atoms with Gasteiger partial charge >= 0.3 is 0 Å². The van der Waals surface area contributed by atoms with Gasteiger partial charge in [0.25, 0.3) is 5.91 Å². The number of thiazole rings is 1. The van der Waals surface area contributed by atoms with Crippen LogP contribution < -0.4 is 0 Å². The molecule has 3 heterocycles. The molecular weight excluding hydrogens is 341 g/mol. The average Bonchev–Trinajstić information content (AvgIpc) is 3.28. The highest BCUT2D eigenvalue weighted by molar-refractivity contribution is 7.09. The number of nitrogens with zero attached hydrogens (tertiary/aromatic N) is 4. The Hall–Kier alpha value is -2.24. The number of rotatable bonds is 5. The predicted octanol–water partition coefficient (Wildman–Crippen LogP) is 2.34. The second kappa shape index (κ2) is 7.33. The highest BCUT2D eigenvalue weighted by atomic mass is 32.1. The van der Waals surface area contributed by atoms with Gasteiger partial charge in [-0.25, -0.2) is 9.37 Å². The summed E-state index contributed by atoms with van der Waals surface area (Å²) in [7, 11) is 1.71. The minimum atomic E-state index is -0.884. The van der Waals surface area contributed by atoms with Gasteiger partial charge in [-0.2, -0.15) is 5.26 Å². The molecule has 0 spiro atoms. The molecule has 0 unspecified atom stereocenters. The zero-order valence-corrected chi connectivity index (χ0v) is 15.0. The van der Waals surface area contributed by atoms with Crippen LogP contribution in [-0.4, -0.2) is 58.0 Å². The van der Waals surface area contributed by atoms with Gasteiger partial charge in [-0.3, -0.25) is 9.69 Å². The van der Waals surface area contributed by atoms with Crippen molar-refractivity contribution in [1.29, 1.82) is 5.26 Å². The van der Waals surface area contributed by atoms with E-state index in [9.17, 15) is 9.18 Å². The highest BCUT2D eigenvalue weighted by Crippen LogP contribution is 2.24. The van der Waals surface area contributed by atoms with Crippen LogP contribution >= 0.6 is 11.3 Å². The number of nitriles is 1. The first-order chi connectivity index (χ1) is 12.0. The normalized spacial score (nSPS) is 20.6. The molecule has 1 aliphatic heterocycles. The Morgan fingerprint density at radius 1 is 1.64 bits per heavy atom. The Morgan fingerprint density at radius 2 is 2.44 bits per heavy atom. The van der Waals surface area contributed by atoms with Gasteiger partial charge < -0.3 is 9.88 Å². The van der Waals surface area contributed by atoms with Crippen LogP contribution in [0.25, 0.3) is 0 Å². The number of likely N-dealkylation sites (tertiary alicyclic amines) is 1. The van der Waals surface area contributed by atoms with Crippen molar-refractivity contribution in [3.63, 3.8) is 0 Å². The number of carbonyl (C=O) groups is 1. The Labute approximate surface area is 149 Å². The molecule has 0 saturated carbocycles. The number of carbonyl (C=O) groups excluding carboxylic acids is 1. The molecule has 1 aliphatic rings. The van der Waals surface area contributed by atoms with E-state index in [1.165, 1.54) is 12.3 Å². The van der Waals surface area contributed by atoms with E-state index in [0.717, 1.165) is 10.7 Å². The molecule has 2 aromatic heterocycles. The number of likely N-dealkylation sites (N-methyl/N-ethyl adjacent to an activating group) is 1. The van der Waals surface area contributed by atoms with Crippen LogP contribution in [0.3, 0.4) is 0 Å². The molecule has 1 amide bonds. The number of hydrogen-bond acceptors (Lipinski definition) is 5. The quantitative estimate of drug-likeness (QED) is 0.887. The second-order valence-electron chi connectivity index (χ2n) is 6.37. The van der Waals surface area contributed by atoms with Crippen molar-refractivity contribution >= 4 is 17.2 Å². The molecule has 2 aromatic rings. The molecule has 0 aromatic carbocycles. The van der Waals surface area contributed by atoms with E-state index >= 15 is 0 Å². The van der Waals surface area contributed by atoms with E-state index < -0.39 is 6.17 Å². The molecule has 8 heteroatoms. The van der Waals surface area contributed by atoms with Crippen molar-refractivity contribution in [2.75, 3.05) is 20.1 Å². The van der Waals surface area contributed by atoms with E-state index in [1.807, 2.05) is 18.4 Å². The van der Waals surface area contributed by atoms with Crippen LogP contribution in [-0.2, 0) is 6.54 Å². The zero-order chi connectivity index (χ0) is 18.0. The largest absolute Gasteiger partial charge is 0.352 e. The number of nitrogens with one attached hydrogen (secondary N) is 1. The number of aromatic amines is 1. The number of H-pyrrole nitrogens is 1. The van der Waals surface area contributed by atoms with Crippen LogP contribution in [0.1, 0.15) is 33.2 Å². The lowest BCUT2D eigenvalue weighted by atomic mass is 10.2. The fourth-order valence-electron chi connectivity index (χ4n) is 3.20. The highest BCUT2D eigenvalue weighted by Gasteiger charge is 2.34. The summed E-state index contributed by atoms with van der Waals surface area (Å²) in [5.74, 6) is -0.176. The van der Waals surface area contributed by atoms with Crippen LogP contribution in [0.4, 0.5) is 4.39 Å². The molecule has 1 saturated heterocycles. The summed E-state index contributed by atoms with van der Waals surface area (Å²) >= 11 is 1.58. The summed E-state index contributed by atoms with van der Waals surface area (Å²) in [4.78, 5) is 23.3. The maximum Gasteiger partial charge on any atom is 0.255 e. The molecule has 3 rings (SSSR count). The van der Waals surface area contributed by atoms with Crippen LogP contribution in [0.5, 0.6) is 0 Å². The first-order valence-corrected chi connectivity index (χ1v) is 8.97. The Balaban J connectivity index is 1.64. The standard InChI is InChI=1S/C17H20FN5OS/c1-11-21-15(10-25-11)8-23-7-13(18)4-16(23)9-22(2)17(24)12-3-14(5-19)20-6-12/h3,6,10,13,16,20H,4,7-9H2,1-2H3/t13-,16-/m0/s1. The molecule has 25 heavy (non-hydrogen) atoms. The van der Waals surface area contributed by atoms with E-state index in [2.05, 4.69) is 14.9 Å². The maximum atomic E-state index is 14.0. The Morgan fingerprint density at radius 3 is 3.08 bits per heavy atom. The van der Waals surface area contributed by atoms with Crippen molar-refractivity contribution in [1.82, 2.24) is 19.8 Å². The fourth-order valence-corrected chi connectivity index (χ4v) is 3.80. The first-order valence-electron chi connectivity index (χ1n) is 8.09. The summed E-state index contributed by atoms with van der Waals surface area (Å²) in [5, 5.41) is 11.8. The van der Waals surface area contributed by atoms with Gasteiger partial charge in [0.1, 0.15) is 17.9 Å². The molecule has 1 fully saturated rings. The van der Waals surface area contributed by atoms with E-state index in [-0.39, 0.29) is 11.9 Å². The summed E-state index contributed by atoms with van der Waals surface area (Å²) in [6.45, 7) is 3.36. The molecule has 0 radical (unpaired) electrons. The molecular formula is C17H20FN5OS. The average molecular weight is 361 g/mol. The summed E-state index contributed by atoms with van der Waals surface area (Å²) in [5.41, 5.74) is 1.73. The lowest BCUT2D eigenvalue weighted by molar-refractivity contribution is 0.0749. The first kappa shape index (κ1) is 17.6. The number of alkyl halides is 1. The molecule has 0 bridgehead atoms. The minimum absolute atomic E-state index is 0.0414. The summed E-state index contributed by atoms with van der Waals surface area (Å²) < 4.78 is 14.0. The van der Waals surface area contributed by atoms with E-state index in [4.69, 9.17) is 5.26 Å². The number of hydrogen-bond donors (Lipinski definition) is 1.